The van der Waals surface area contributed by atoms with Gasteiger partial charge in [-0.1, -0.05) is 66.8 Å². The highest BCUT2D eigenvalue weighted by Crippen LogP contribution is 2.41. The van der Waals surface area contributed by atoms with E-state index in [0.717, 1.165) is 23.3 Å². The van der Waals surface area contributed by atoms with Crippen molar-refractivity contribution in [3.63, 3.8) is 0 Å². The van der Waals surface area contributed by atoms with Crippen LogP contribution in [0.4, 0.5) is 0 Å². The Morgan fingerprint density at radius 2 is 1.93 bits per heavy atom. The van der Waals surface area contributed by atoms with Crippen LogP contribution in [0.25, 0.3) is 5.70 Å². The van der Waals surface area contributed by atoms with E-state index in [9.17, 15) is 9.90 Å². The molecule has 4 nitrogen and oxygen atoms in total. The van der Waals surface area contributed by atoms with E-state index in [1.54, 1.807) is 18.2 Å². The SMILES string of the molecule is O=C(N[C@H]1C[C@@H]1c1ccccc1)C1=NC(c2cccc(O)c2)=C2C=CC=CC12. The molecule has 138 valence electrons. The fraction of sp³-hybridized carbons (Fsp3) is 0.167. The third-order valence-corrected chi connectivity index (χ3v) is 5.51. The number of allylic oxidation sites excluding steroid dienone is 5. The van der Waals surface area contributed by atoms with Crippen LogP contribution in [0.15, 0.2) is 89.5 Å². The van der Waals surface area contributed by atoms with Gasteiger partial charge in [0.15, 0.2) is 0 Å². The number of phenolic OH excluding ortho intramolecular Hbond substituents is 1. The Bertz CT molecular complexity index is 1060. The highest BCUT2D eigenvalue weighted by molar-refractivity contribution is 6.43. The first-order valence-electron chi connectivity index (χ1n) is 9.53. The molecule has 5 rings (SSSR count). The number of nitrogens with zero attached hydrogens (tertiary/aromatic N) is 1. The molecular formula is C24H20N2O2. The van der Waals surface area contributed by atoms with Gasteiger partial charge in [0.05, 0.1) is 11.6 Å². The van der Waals surface area contributed by atoms with Crippen molar-refractivity contribution in [2.24, 2.45) is 10.9 Å². The van der Waals surface area contributed by atoms with Crippen molar-refractivity contribution in [1.82, 2.24) is 5.32 Å². The van der Waals surface area contributed by atoms with Gasteiger partial charge in [-0.3, -0.25) is 4.79 Å². The van der Waals surface area contributed by atoms with Gasteiger partial charge in [0.2, 0.25) is 0 Å². The molecule has 2 N–H and O–H groups in total. The minimum atomic E-state index is -0.142. The molecule has 0 spiro atoms. The zero-order valence-electron chi connectivity index (χ0n) is 15.2. The van der Waals surface area contributed by atoms with E-state index in [2.05, 4.69) is 17.4 Å². The second kappa shape index (κ2) is 6.64. The molecule has 4 heteroatoms. The Morgan fingerprint density at radius 3 is 2.75 bits per heavy atom. The lowest BCUT2D eigenvalue weighted by Crippen LogP contribution is -2.36. The summed E-state index contributed by atoms with van der Waals surface area (Å²) in [7, 11) is 0. The summed E-state index contributed by atoms with van der Waals surface area (Å²) in [6, 6.07) is 17.5. The second-order valence-corrected chi connectivity index (χ2v) is 7.41. The largest absolute Gasteiger partial charge is 0.508 e. The van der Waals surface area contributed by atoms with Gasteiger partial charge in [-0.15, -0.1) is 0 Å². The topological polar surface area (TPSA) is 61.7 Å². The van der Waals surface area contributed by atoms with Crippen molar-refractivity contribution in [2.45, 2.75) is 18.4 Å². The molecule has 2 aromatic carbocycles. The highest BCUT2D eigenvalue weighted by Gasteiger charge is 2.41. The summed E-state index contributed by atoms with van der Waals surface area (Å²) in [5.41, 5.74) is 4.35. The number of hydrogen-bond donors (Lipinski definition) is 2. The summed E-state index contributed by atoms with van der Waals surface area (Å²) >= 11 is 0. The lowest BCUT2D eigenvalue weighted by molar-refractivity contribution is -0.115. The van der Waals surface area contributed by atoms with Crippen LogP contribution in [-0.2, 0) is 4.79 Å². The molecule has 3 atom stereocenters. The Hall–Kier alpha value is -3.40. The van der Waals surface area contributed by atoms with E-state index >= 15 is 0 Å². The van der Waals surface area contributed by atoms with Crippen LogP contribution in [0.1, 0.15) is 23.5 Å². The van der Waals surface area contributed by atoms with Crippen LogP contribution in [0, 0.1) is 5.92 Å². The number of aliphatic imine (C=N–C) groups is 1. The van der Waals surface area contributed by atoms with E-state index in [-0.39, 0.29) is 23.6 Å². The van der Waals surface area contributed by atoms with E-state index in [1.165, 1.54) is 5.56 Å². The van der Waals surface area contributed by atoms with E-state index in [1.807, 2.05) is 48.6 Å². The molecule has 1 fully saturated rings. The van der Waals surface area contributed by atoms with Gasteiger partial charge in [-0.05, 0) is 29.7 Å². The molecular weight excluding hydrogens is 348 g/mol. The summed E-state index contributed by atoms with van der Waals surface area (Å²) in [6.07, 6.45) is 8.87. The summed E-state index contributed by atoms with van der Waals surface area (Å²) < 4.78 is 0. The van der Waals surface area contributed by atoms with Crippen LogP contribution in [-0.4, -0.2) is 22.8 Å². The number of carbonyl (C=O) groups excluding carboxylic acids is 1. The van der Waals surface area contributed by atoms with Gasteiger partial charge in [0.1, 0.15) is 11.5 Å². The maximum atomic E-state index is 13.0. The number of hydrogen-bond acceptors (Lipinski definition) is 3. The molecule has 28 heavy (non-hydrogen) atoms. The molecule has 1 saturated carbocycles. The van der Waals surface area contributed by atoms with Gasteiger partial charge in [-0.25, -0.2) is 4.99 Å². The standard InChI is InChI=1S/C24H20N2O2/c27-17-10-6-9-16(13-17)22-18-11-4-5-12-19(18)23(26-22)24(28)25-21-14-20(21)15-7-2-1-3-8-15/h1-13,19-21,27H,14H2,(H,25,28)/t19?,20-,21+/m1/s1. The minimum absolute atomic E-state index is 0.110. The molecule has 0 radical (unpaired) electrons. The number of phenols is 1. The maximum absolute atomic E-state index is 13.0. The van der Waals surface area contributed by atoms with Crippen molar-refractivity contribution >= 4 is 17.3 Å². The first kappa shape index (κ1) is 16.8. The van der Waals surface area contributed by atoms with Crippen LogP contribution >= 0.6 is 0 Å². The Morgan fingerprint density at radius 1 is 1.07 bits per heavy atom. The third-order valence-electron chi connectivity index (χ3n) is 5.51. The zero-order valence-corrected chi connectivity index (χ0v) is 15.2. The lowest BCUT2D eigenvalue weighted by atomic mass is 9.89. The van der Waals surface area contributed by atoms with E-state index in [0.29, 0.717) is 11.6 Å². The van der Waals surface area contributed by atoms with Gasteiger partial charge >= 0.3 is 0 Å². The van der Waals surface area contributed by atoms with Crippen molar-refractivity contribution in [2.75, 3.05) is 0 Å². The number of amides is 1. The molecule has 0 aromatic heterocycles. The van der Waals surface area contributed by atoms with Crippen molar-refractivity contribution in [3.8, 4) is 5.75 Å². The number of fused-ring (bicyclic) bond motifs is 1. The fourth-order valence-electron chi connectivity index (χ4n) is 4.00. The summed E-state index contributed by atoms with van der Waals surface area (Å²) in [5, 5.41) is 13.0. The van der Waals surface area contributed by atoms with Crippen LogP contribution in [0.3, 0.4) is 0 Å². The van der Waals surface area contributed by atoms with Crippen molar-refractivity contribution in [3.05, 3.63) is 95.6 Å². The maximum Gasteiger partial charge on any atom is 0.266 e. The molecule has 2 aliphatic carbocycles. The Kier molecular flexibility index (Phi) is 3.97. The van der Waals surface area contributed by atoms with E-state index in [4.69, 9.17) is 4.99 Å². The second-order valence-electron chi connectivity index (χ2n) is 7.41. The van der Waals surface area contributed by atoms with Crippen molar-refractivity contribution in [1.29, 1.82) is 0 Å². The molecule has 1 unspecified atom stereocenters. The van der Waals surface area contributed by atoms with Crippen LogP contribution < -0.4 is 5.32 Å². The zero-order chi connectivity index (χ0) is 19.1. The number of nitrogens with one attached hydrogen (secondary N) is 1. The molecule has 0 saturated heterocycles. The predicted octanol–water partition coefficient (Wildman–Crippen LogP) is 3.97. The molecule has 1 heterocycles. The highest BCUT2D eigenvalue weighted by atomic mass is 16.3. The summed E-state index contributed by atoms with van der Waals surface area (Å²) in [6.45, 7) is 0. The first-order valence-corrected chi connectivity index (χ1v) is 9.53. The molecule has 2 aromatic rings. The average Bonchev–Trinajstić information content (AvgIpc) is 3.38. The molecule has 0 bridgehead atoms. The smallest absolute Gasteiger partial charge is 0.266 e. The molecule has 3 aliphatic rings. The quantitative estimate of drug-likeness (QED) is 0.858. The lowest BCUT2D eigenvalue weighted by Gasteiger charge is -2.14. The van der Waals surface area contributed by atoms with E-state index < -0.39 is 0 Å². The molecule has 1 amide bonds. The van der Waals surface area contributed by atoms with Crippen LogP contribution in [0.2, 0.25) is 0 Å². The predicted molar refractivity (Wildman–Crippen MR) is 110 cm³/mol. The average molecular weight is 368 g/mol. The van der Waals surface area contributed by atoms with Crippen molar-refractivity contribution < 1.29 is 9.90 Å². The number of aromatic hydroxyl groups is 1. The normalized spacial score (nSPS) is 24.7. The summed E-state index contributed by atoms with van der Waals surface area (Å²) in [5.74, 6) is 0.318. The Balaban J connectivity index is 1.38. The number of rotatable bonds is 4. The van der Waals surface area contributed by atoms with Gasteiger partial charge in [0.25, 0.3) is 5.91 Å². The third kappa shape index (κ3) is 2.97. The van der Waals surface area contributed by atoms with Gasteiger partial charge < -0.3 is 10.4 Å². The first-order chi connectivity index (χ1) is 13.7. The number of benzene rings is 2. The Labute approximate surface area is 163 Å². The van der Waals surface area contributed by atoms with Gasteiger partial charge in [0, 0.05) is 17.5 Å². The number of carbonyl (C=O) groups is 1. The fourth-order valence-corrected chi connectivity index (χ4v) is 4.00. The summed E-state index contributed by atoms with van der Waals surface area (Å²) in [4.78, 5) is 17.7. The minimum Gasteiger partial charge on any atom is -0.508 e. The van der Waals surface area contributed by atoms with Crippen LogP contribution in [0.5, 0.6) is 5.75 Å². The molecule has 1 aliphatic heterocycles. The monoisotopic (exact) mass is 368 g/mol. The van der Waals surface area contributed by atoms with Gasteiger partial charge in [-0.2, -0.15) is 0 Å².